The van der Waals surface area contributed by atoms with Crippen LogP contribution in [0.25, 0.3) is 0 Å². The first-order chi connectivity index (χ1) is 11.0. The highest BCUT2D eigenvalue weighted by Crippen LogP contribution is 2.33. The van der Waals surface area contributed by atoms with E-state index in [0.717, 1.165) is 18.9 Å². The van der Waals surface area contributed by atoms with Gasteiger partial charge in [-0.15, -0.1) is 0 Å². The molecule has 2 aromatic rings. The van der Waals surface area contributed by atoms with Gasteiger partial charge in [-0.3, -0.25) is 10.1 Å². The lowest BCUT2D eigenvalue weighted by Gasteiger charge is -2.09. The van der Waals surface area contributed by atoms with Crippen LogP contribution in [0.5, 0.6) is 0 Å². The Hall–Kier alpha value is -2.41. The van der Waals surface area contributed by atoms with Gasteiger partial charge in [0.05, 0.1) is 14.7 Å². The third-order valence-electron chi connectivity index (χ3n) is 3.81. The van der Waals surface area contributed by atoms with Crippen LogP contribution in [0, 0.1) is 16.0 Å². The largest absolute Gasteiger partial charge is 0.379 e. The van der Waals surface area contributed by atoms with E-state index >= 15 is 0 Å². The van der Waals surface area contributed by atoms with Crippen molar-refractivity contribution in [3.8, 4) is 0 Å². The van der Waals surface area contributed by atoms with E-state index in [1.54, 1.807) is 18.2 Å². The molecule has 1 saturated carbocycles. The van der Waals surface area contributed by atoms with Gasteiger partial charge in [0, 0.05) is 12.6 Å². The highest BCUT2D eigenvalue weighted by Gasteiger charge is 2.25. The van der Waals surface area contributed by atoms with E-state index in [4.69, 9.17) is 0 Å². The Morgan fingerprint density at radius 2 is 1.78 bits per heavy atom. The van der Waals surface area contributed by atoms with Crippen LogP contribution in [0.1, 0.15) is 12.8 Å². The maximum Gasteiger partial charge on any atom is 0.293 e. The van der Waals surface area contributed by atoms with Gasteiger partial charge in [0.1, 0.15) is 5.69 Å². The second-order valence-corrected chi connectivity index (χ2v) is 7.53. The predicted molar refractivity (Wildman–Crippen MR) is 86.2 cm³/mol. The molecular weight excluding hydrogens is 316 g/mol. The van der Waals surface area contributed by atoms with Crippen molar-refractivity contribution in [1.29, 1.82) is 0 Å². The number of hydrogen-bond donors (Lipinski definition) is 1. The summed E-state index contributed by atoms with van der Waals surface area (Å²) in [5, 5.41) is 14.3. The lowest BCUT2D eigenvalue weighted by molar-refractivity contribution is -0.384. The van der Waals surface area contributed by atoms with Gasteiger partial charge >= 0.3 is 0 Å². The van der Waals surface area contributed by atoms with Crippen molar-refractivity contribution in [3.63, 3.8) is 0 Å². The maximum absolute atomic E-state index is 12.6. The number of nitrogens with one attached hydrogen (secondary N) is 1. The Balaban J connectivity index is 1.97. The molecule has 0 unspecified atom stereocenters. The quantitative estimate of drug-likeness (QED) is 0.648. The topological polar surface area (TPSA) is 89.3 Å². The summed E-state index contributed by atoms with van der Waals surface area (Å²) in [7, 11) is -3.76. The smallest absolute Gasteiger partial charge is 0.293 e. The Morgan fingerprint density at radius 3 is 2.39 bits per heavy atom. The van der Waals surface area contributed by atoms with Crippen LogP contribution in [0.15, 0.2) is 58.3 Å². The van der Waals surface area contributed by atoms with Crippen molar-refractivity contribution in [3.05, 3.63) is 58.6 Å². The molecule has 0 spiro atoms. The maximum atomic E-state index is 12.6. The number of hydrogen-bond acceptors (Lipinski definition) is 5. The number of benzene rings is 2. The SMILES string of the molecule is O=[N+]([O-])c1cc(S(=O)(=O)c2ccccc2)ccc1NCC1CC1. The standard InChI is InChI=1S/C16H16N2O4S/c19-18(20)16-10-14(8-9-15(16)17-11-12-6-7-12)23(21,22)13-4-2-1-3-5-13/h1-5,8-10,12,17H,6-7,11H2. The van der Waals surface area contributed by atoms with Crippen molar-refractivity contribution < 1.29 is 13.3 Å². The Bertz CT molecular complexity index is 830. The van der Waals surface area contributed by atoms with Gasteiger partial charge in [-0.1, -0.05) is 18.2 Å². The van der Waals surface area contributed by atoms with Gasteiger partial charge in [0.15, 0.2) is 0 Å². The predicted octanol–water partition coefficient (Wildman–Crippen LogP) is 3.25. The minimum absolute atomic E-state index is 0.0765. The molecule has 1 N–H and O–H groups in total. The van der Waals surface area contributed by atoms with Crippen LogP contribution in [0.2, 0.25) is 0 Å². The molecule has 1 fully saturated rings. The monoisotopic (exact) mass is 332 g/mol. The fourth-order valence-electron chi connectivity index (χ4n) is 2.29. The zero-order chi connectivity index (χ0) is 16.4. The molecule has 1 aliphatic rings. The van der Waals surface area contributed by atoms with Gasteiger partial charge in [-0.2, -0.15) is 0 Å². The highest BCUT2D eigenvalue weighted by molar-refractivity contribution is 7.91. The summed E-state index contributed by atoms with van der Waals surface area (Å²) in [6, 6.07) is 11.9. The highest BCUT2D eigenvalue weighted by atomic mass is 32.2. The number of nitro groups is 1. The fraction of sp³-hybridized carbons (Fsp3) is 0.250. The summed E-state index contributed by atoms with van der Waals surface area (Å²) >= 11 is 0. The number of rotatable bonds is 6. The number of nitrogens with zero attached hydrogens (tertiary/aromatic N) is 1. The molecule has 1 aliphatic carbocycles. The molecule has 0 heterocycles. The Morgan fingerprint density at radius 1 is 1.09 bits per heavy atom. The second-order valence-electron chi connectivity index (χ2n) is 5.58. The van der Waals surface area contributed by atoms with Gasteiger partial charge in [-0.25, -0.2) is 8.42 Å². The molecule has 0 aliphatic heterocycles. The van der Waals surface area contributed by atoms with Crippen LogP contribution in [-0.2, 0) is 9.84 Å². The molecule has 0 bridgehead atoms. The van der Waals surface area contributed by atoms with E-state index in [9.17, 15) is 18.5 Å². The minimum Gasteiger partial charge on any atom is -0.379 e. The van der Waals surface area contributed by atoms with Crippen molar-refractivity contribution in [2.24, 2.45) is 5.92 Å². The first kappa shape index (κ1) is 15.5. The molecule has 0 saturated heterocycles. The molecule has 0 amide bonds. The molecule has 0 aromatic heterocycles. The van der Waals surface area contributed by atoms with E-state index in [0.29, 0.717) is 18.2 Å². The van der Waals surface area contributed by atoms with Crippen molar-refractivity contribution >= 4 is 21.2 Å². The van der Waals surface area contributed by atoms with Crippen molar-refractivity contribution in [2.75, 3.05) is 11.9 Å². The Labute approximate surface area is 134 Å². The summed E-state index contributed by atoms with van der Waals surface area (Å²) < 4.78 is 25.1. The van der Waals surface area contributed by atoms with E-state index in [2.05, 4.69) is 5.32 Å². The van der Waals surface area contributed by atoms with Gasteiger partial charge in [0.25, 0.3) is 5.69 Å². The normalized spacial score (nSPS) is 14.4. The van der Waals surface area contributed by atoms with Gasteiger partial charge in [-0.05, 0) is 43.0 Å². The zero-order valence-electron chi connectivity index (χ0n) is 12.3. The Kier molecular flexibility index (Phi) is 4.04. The summed E-state index contributed by atoms with van der Waals surface area (Å²) in [5.41, 5.74) is 0.136. The first-order valence-electron chi connectivity index (χ1n) is 7.31. The van der Waals surface area contributed by atoms with E-state index in [1.807, 2.05) is 0 Å². The van der Waals surface area contributed by atoms with Crippen LogP contribution >= 0.6 is 0 Å². The molecule has 0 radical (unpaired) electrons. The average molecular weight is 332 g/mol. The van der Waals surface area contributed by atoms with Crippen LogP contribution in [0.3, 0.4) is 0 Å². The first-order valence-corrected chi connectivity index (χ1v) is 8.79. The molecule has 0 atom stereocenters. The summed E-state index contributed by atoms with van der Waals surface area (Å²) in [5.74, 6) is 0.558. The minimum atomic E-state index is -3.76. The molecular formula is C16H16N2O4S. The van der Waals surface area contributed by atoms with Crippen molar-refractivity contribution in [2.45, 2.75) is 22.6 Å². The number of nitro benzene ring substituents is 1. The van der Waals surface area contributed by atoms with Crippen LogP contribution in [0.4, 0.5) is 11.4 Å². The van der Waals surface area contributed by atoms with Crippen molar-refractivity contribution in [1.82, 2.24) is 0 Å². The lowest BCUT2D eigenvalue weighted by Crippen LogP contribution is -2.08. The molecule has 7 heteroatoms. The van der Waals surface area contributed by atoms with Crippen LogP contribution < -0.4 is 5.32 Å². The molecule has 120 valence electrons. The number of sulfone groups is 1. The summed E-state index contributed by atoms with van der Waals surface area (Å²) in [6.45, 7) is 0.672. The average Bonchev–Trinajstić information content (AvgIpc) is 3.37. The molecule has 3 rings (SSSR count). The van der Waals surface area contributed by atoms with Gasteiger partial charge in [0.2, 0.25) is 9.84 Å². The third kappa shape index (κ3) is 3.34. The summed E-state index contributed by atoms with van der Waals surface area (Å²) in [4.78, 5) is 10.8. The van der Waals surface area contributed by atoms with Gasteiger partial charge < -0.3 is 5.32 Å². The molecule has 23 heavy (non-hydrogen) atoms. The van der Waals surface area contributed by atoms with E-state index in [-0.39, 0.29) is 15.5 Å². The molecule has 6 nitrogen and oxygen atoms in total. The van der Waals surface area contributed by atoms with E-state index in [1.165, 1.54) is 24.3 Å². The molecule has 2 aromatic carbocycles. The summed E-state index contributed by atoms with van der Waals surface area (Å²) in [6.07, 6.45) is 2.25. The second kappa shape index (κ2) is 6.00. The third-order valence-corrected chi connectivity index (χ3v) is 5.58. The van der Waals surface area contributed by atoms with Crippen LogP contribution in [-0.4, -0.2) is 19.9 Å². The zero-order valence-corrected chi connectivity index (χ0v) is 13.1. The fourth-order valence-corrected chi connectivity index (χ4v) is 3.59. The number of anilines is 1. The lowest BCUT2D eigenvalue weighted by atomic mass is 10.2. The van der Waals surface area contributed by atoms with E-state index < -0.39 is 14.8 Å².